The van der Waals surface area contributed by atoms with Crippen molar-refractivity contribution in [3.05, 3.63) is 49.0 Å². The van der Waals surface area contributed by atoms with Crippen molar-refractivity contribution in [3.63, 3.8) is 0 Å². The first kappa shape index (κ1) is 15.5. The van der Waals surface area contributed by atoms with Crippen LogP contribution in [0.5, 0.6) is 5.75 Å². The van der Waals surface area contributed by atoms with Crippen molar-refractivity contribution in [1.82, 2.24) is 5.32 Å². The Hall–Kier alpha value is -0.850. The number of carbonyl (C=O) groups excluding carboxylic acids is 1. The Morgan fingerprint density at radius 3 is 2.70 bits per heavy atom. The minimum absolute atomic E-state index is 0.0797. The largest absolute Gasteiger partial charge is 0.496 e. The van der Waals surface area contributed by atoms with Crippen LogP contribution in [-0.4, -0.2) is 19.6 Å². The van der Waals surface area contributed by atoms with E-state index in [0.29, 0.717) is 17.9 Å². The highest BCUT2D eigenvalue weighted by Gasteiger charge is 2.08. The summed E-state index contributed by atoms with van der Waals surface area (Å²) in [6, 6.07) is 9.36. The van der Waals surface area contributed by atoms with E-state index in [9.17, 15) is 4.79 Å². The lowest BCUT2D eigenvalue weighted by Gasteiger charge is -2.07. The average Bonchev–Trinajstić information content (AvgIpc) is 2.84. The molecule has 0 saturated carbocycles. The maximum absolute atomic E-state index is 12.0. The van der Waals surface area contributed by atoms with Crippen LogP contribution in [0, 0.1) is 0 Å². The zero-order valence-electron chi connectivity index (χ0n) is 10.8. The lowest BCUT2D eigenvalue weighted by atomic mass is 10.2. The molecule has 0 radical (unpaired) electrons. The molecule has 0 saturated heterocycles. The molecule has 0 fully saturated rings. The summed E-state index contributed by atoms with van der Waals surface area (Å²) in [5.74, 6) is 0.633. The zero-order valence-corrected chi connectivity index (χ0v) is 14.8. The number of ether oxygens (including phenoxy) is 1. The van der Waals surface area contributed by atoms with Crippen LogP contribution in [0.1, 0.15) is 15.2 Å². The Morgan fingerprint density at radius 2 is 2.10 bits per heavy atom. The number of nitrogens with one attached hydrogen (secondary N) is 1. The van der Waals surface area contributed by atoms with Crippen molar-refractivity contribution in [2.24, 2.45) is 0 Å². The smallest absolute Gasteiger partial charge is 0.251 e. The van der Waals surface area contributed by atoms with Gasteiger partial charge in [-0.1, -0.05) is 0 Å². The van der Waals surface area contributed by atoms with Crippen molar-refractivity contribution in [2.45, 2.75) is 6.42 Å². The monoisotopic (exact) mass is 417 g/mol. The molecule has 1 N–H and O–H groups in total. The highest BCUT2D eigenvalue weighted by atomic mass is 79.9. The van der Waals surface area contributed by atoms with Crippen molar-refractivity contribution in [1.29, 1.82) is 0 Å². The summed E-state index contributed by atoms with van der Waals surface area (Å²) in [5, 5.41) is 2.91. The number of benzene rings is 1. The summed E-state index contributed by atoms with van der Waals surface area (Å²) in [6.07, 6.45) is 0.833. The standard InChI is InChI=1S/C14H13Br2NO2S/c1-19-12-4-2-9(8-11(12)15)14(18)17-7-6-10-3-5-13(16)20-10/h2-5,8H,6-7H2,1H3,(H,17,18). The van der Waals surface area contributed by atoms with Gasteiger partial charge < -0.3 is 10.1 Å². The van der Waals surface area contributed by atoms with Crippen molar-refractivity contribution >= 4 is 49.1 Å². The predicted octanol–water partition coefficient (Wildman–Crippen LogP) is 4.25. The lowest BCUT2D eigenvalue weighted by molar-refractivity contribution is 0.0954. The molecule has 0 aliphatic carbocycles. The van der Waals surface area contributed by atoms with Gasteiger partial charge in [-0.2, -0.15) is 0 Å². The van der Waals surface area contributed by atoms with E-state index in [4.69, 9.17) is 4.74 Å². The van der Waals surface area contributed by atoms with E-state index in [-0.39, 0.29) is 5.91 Å². The van der Waals surface area contributed by atoms with Gasteiger partial charge in [-0.15, -0.1) is 11.3 Å². The molecule has 2 rings (SSSR count). The number of hydrogen-bond acceptors (Lipinski definition) is 3. The Kier molecular flexibility index (Phi) is 5.63. The van der Waals surface area contributed by atoms with Gasteiger partial charge in [-0.3, -0.25) is 4.79 Å². The third-order valence-electron chi connectivity index (χ3n) is 2.70. The number of carbonyl (C=O) groups is 1. The minimum atomic E-state index is -0.0797. The molecule has 106 valence electrons. The van der Waals surface area contributed by atoms with Gasteiger partial charge in [0.05, 0.1) is 15.4 Å². The van der Waals surface area contributed by atoms with E-state index < -0.39 is 0 Å². The van der Waals surface area contributed by atoms with E-state index >= 15 is 0 Å². The molecule has 0 aliphatic rings. The van der Waals surface area contributed by atoms with Crippen molar-refractivity contribution < 1.29 is 9.53 Å². The molecule has 0 aliphatic heterocycles. The summed E-state index contributed by atoms with van der Waals surface area (Å²) >= 11 is 8.48. The molecule has 0 unspecified atom stereocenters. The third kappa shape index (κ3) is 4.07. The molecule has 0 atom stereocenters. The Balaban J connectivity index is 1.90. The Morgan fingerprint density at radius 1 is 1.30 bits per heavy atom. The SMILES string of the molecule is COc1ccc(C(=O)NCCc2ccc(Br)s2)cc1Br. The number of rotatable bonds is 5. The number of thiophene rings is 1. The van der Waals surface area contributed by atoms with Gasteiger partial charge >= 0.3 is 0 Å². The van der Waals surface area contributed by atoms with Crippen LogP contribution < -0.4 is 10.1 Å². The molecule has 0 bridgehead atoms. The van der Waals surface area contributed by atoms with Crippen LogP contribution in [-0.2, 0) is 6.42 Å². The maximum atomic E-state index is 12.0. The van der Waals surface area contributed by atoms with Gasteiger partial charge in [0, 0.05) is 17.0 Å². The molecule has 1 heterocycles. The fraction of sp³-hybridized carbons (Fsp3) is 0.214. The number of halogens is 2. The van der Waals surface area contributed by atoms with Gasteiger partial charge in [-0.25, -0.2) is 0 Å². The average molecular weight is 419 g/mol. The van der Waals surface area contributed by atoms with Gasteiger partial charge in [0.15, 0.2) is 0 Å². The quantitative estimate of drug-likeness (QED) is 0.787. The molecular formula is C14H13Br2NO2S. The predicted molar refractivity (Wildman–Crippen MR) is 88.8 cm³/mol. The van der Waals surface area contributed by atoms with Crippen LogP contribution >= 0.6 is 43.2 Å². The van der Waals surface area contributed by atoms with Crippen molar-refractivity contribution in [2.75, 3.05) is 13.7 Å². The van der Waals surface area contributed by atoms with Crippen LogP contribution in [0.3, 0.4) is 0 Å². The van der Waals surface area contributed by atoms with Gasteiger partial charge in [0.1, 0.15) is 5.75 Å². The molecule has 20 heavy (non-hydrogen) atoms. The van der Waals surface area contributed by atoms with Crippen LogP contribution in [0.25, 0.3) is 0 Å². The topological polar surface area (TPSA) is 38.3 Å². The maximum Gasteiger partial charge on any atom is 0.251 e. The summed E-state index contributed by atoms with van der Waals surface area (Å²) in [5.41, 5.74) is 0.616. The summed E-state index contributed by atoms with van der Waals surface area (Å²) in [7, 11) is 1.60. The summed E-state index contributed by atoms with van der Waals surface area (Å²) < 4.78 is 7.02. The van der Waals surface area contributed by atoms with Gasteiger partial charge in [0.25, 0.3) is 5.91 Å². The number of hydrogen-bond donors (Lipinski definition) is 1. The minimum Gasteiger partial charge on any atom is -0.496 e. The number of methoxy groups -OCH3 is 1. The lowest BCUT2D eigenvalue weighted by Crippen LogP contribution is -2.25. The van der Waals surface area contributed by atoms with Crippen molar-refractivity contribution in [3.8, 4) is 5.75 Å². The summed E-state index contributed by atoms with van der Waals surface area (Å²) in [6.45, 7) is 0.620. The first-order valence-corrected chi connectivity index (χ1v) is 8.36. The van der Waals surface area contributed by atoms with Gasteiger partial charge in [-0.05, 0) is 68.6 Å². The van der Waals surface area contributed by atoms with Gasteiger partial charge in [0.2, 0.25) is 0 Å². The Labute approximate surface area is 138 Å². The normalized spacial score (nSPS) is 10.3. The molecule has 2 aromatic rings. The molecule has 1 aromatic heterocycles. The second-order valence-corrected chi connectivity index (χ2v) is 7.46. The molecular weight excluding hydrogens is 406 g/mol. The van der Waals surface area contributed by atoms with E-state index in [1.165, 1.54) is 4.88 Å². The molecule has 1 aromatic carbocycles. The molecule has 1 amide bonds. The molecule has 0 spiro atoms. The highest BCUT2D eigenvalue weighted by molar-refractivity contribution is 9.11. The molecule has 3 nitrogen and oxygen atoms in total. The first-order valence-electron chi connectivity index (χ1n) is 5.96. The van der Waals surface area contributed by atoms with E-state index in [0.717, 1.165) is 14.7 Å². The number of amides is 1. The van der Waals surface area contributed by atoms with E-state index in [1.54, 1.807) is 36.6 Å². The fourth-order valence-electron chi connectivity index (χ4n) is 1.70. The van der Waals surface area contributed by atoms with Crippen LogP contribution in [0.4, 0.5) is 0 Å². The first-order chi connectivity index (χ1) is 9.60. The second kappa shape index (κ2) is 7.24. The van der Waals surface area contributed by atoms with Crippen LogP contribution in [0.15, 0.2) is 38.6 Å². The van der Waals surface area contributed by atoms with E-state index in [1.807, 2.05) is 6.07 Å². The highest BCUT2D eigenvalue weighted by Crippen LogP contribution is 2.25. The zero-order chi connectivity index (χ0) is 14.5. The Bertz CT molecular complexity index is 613. The summed E-state index contributed by atoms with van der Waals surface area (Å²) in [4.78, 5) is 13.3. The molecule has 6 heteroatoms. The fourth-order valence-corrected chi connectivity index (χ4v) is 3.72. The van der Waals surface area contributed by atoms with E-state index in [2.05, 4.69) is 43.2 Å². The third-order valence-corrected chi connectivity index (χ3v) is 5.00. The van der Waals surface area contributed by atoms with Crippen LogP contribution in [0.2, 0.25) is 0 Å². The second-order valence-electron chi connectivity index (χ2n) is 4.06.